The molecule has 0 fully saturated rings. The highest BCUT2D eigenvalue weighted by Crippen LogP contribution is 2.13. The lowest BCUT2D eigenvalue weighted by atomic mass is 10.2. The monoisotopic (exact) mass is 259 g/mol. The summed E-state index contributed by atoms with van der Waals surface area (Å²) in [7, 11) is 1.36. The van der Waals surface area contributed by atoms with Crippen molar-refractivity contribution in [2.24, 2.45) is 0 Å². The number of hydrogen-bond acceptors (Lipinski definition) is 4. The Hall–Kier alpha value is -2.17. The molecule has 0 bridgehead atoms. The molecule has 2 rings (SSSR count). The highest BCUT2D eigenvalue weighted by atomic mass is 16.5. The molecule has 2 heterocycles. The third kappa shape index (κ3) is 2.99. The molecule has 0 amide bonds. The number of methoxy groups -OCH3 is 1. The Morgan fingerprint density at radius 2 is 2.16 bits per heavy atom. The van der Waals surface area contributed by atoms with Crippen LogP contribution in [0.1, 0.15) is 41.6 Å². The van der Waals surface area contributed by atoms with Gasteiger partial charge in [-0.15, -0.1) is 0 Å². The standard InChI is InChI=1S/C14H17N3O2/c1-10(2)13-15-6-7-17(13)9-12-5-4-11(8-16-12)14(18)19-3/h4-8,10H,9H2,1-3H3. The lowest BCUT2D eigenvalue weighted by Gasteiger charge is -2.10. The normalized spacial score (nSPS) is 10.7. The number of nitrogens with zero attached hydrogens (tertiary/aromatic N) is 3. The van der Waals surface area contributed by atoms with Crippen LogP contribution in [0.4, 0.5) is 0 Å². The molecule has 0 aliphatic rings. The van der Waals surface area contributed by atoms with Gasteiger partial charge in [-0.3, -0.25) is 4.98 Å². The van der Waals surface area contributed by atoms with Crippen molar-refractivity contribution in [2.45, 2.75) is 26.3 Å². The summed E-state index contributed by atoms with van der Waals surface area (Å²) in [6, 6.07) is 3.55. The second-order valence-electron chi connectivity index (χ2n) is 4.60. The average molecular weight is 259 g/mol. The second kappa shape index (κ2) is 5.65. The number of rotatable bonds is 4. The van der Waals surface area contributed by atoms with E-state index in [1.54, 1.807) is 12.3 Å². The van der Waals surface area contributed by atoms with Gasteiger partial charge in [-0.25, -0.2) is 9.78 Å². The van der Waals surface area contributed by atoms with Crippen LogP contribution in [0.3, 0.4) is 0 Å². The molecule has 0 saturated carbocycles. The zero-order valence-corrected chi connectivity index (χ0v) is 11.3. The van der Waals surface area contributed by atoms with Crippen molar-refractivity contribution in [3.8, 4) is 0 Å². The van der Waals surface area contributed by atoms with E-state index in [0.717, 1.165) is 11.5 Å². The van der Waals surface area contributed by atoms with Crippen LogP contribution in [0.5, 0.6) is 0 Å². The second-order valence-corrected chi connectivity index (χ2v) is 4.60. The summed E-state index contributed by atoms with van der Waals surface area (Å²) in [6.45, 7) is 4.86. The predicted molar refractivity (Wildman–Crippen MR) is 71.0 cm³/mol. The molecule has 19 heavy (non-hydrogen) atoms. The minimum Gasteiger partial charge on any atom is -0.465 e. The van der Waals surface area contributed by atoms with E-state index in [4.69, 9.17) is 0 Å². The molecule has 5 heteroatoms. The molecule has 0 atom stereocenters. The minimum absolute atomic E-state index is 0.365. The molecule has 0 saturated heterocycles. The van der Waals surface area contributed by atoms with Crippen LogP contribution < -0.4 is 0 Å². The number of pyridine rings is 1. The van der Waals surface area contributed by atoms with E-state index in [2.05, 4.69) is 33.1 Å². The van der Waals surface area contributed by atoms with Crippen LogP contribution in [0.2, 0.25) is 0 Å². The third-order valence-corrected chi connectivity index (χ3v) is 2.84. The third-order valence-electron chi connectivity index (χ3n) is 2.84. The minimum atomic E-state index is -0.371. The summed E-state index contributed by atoms with van der Waals surface area (Å²) in [5.41, 5.74) is 1.34. The molecule has 0 aliphatic heterocycles. The van der Waals surface area contributed by atoms with Crippen LogP contribution in [-0.2, 0) is 11.3 Å². The Kier molecular flexibility index (Phi) is 3.94. The van der Waals surface area contributed by atoms with E-state index < -0.39 is 0 Å². The maximum atomic E-state index is 11.3. The van der Waals surface area contributed by atoms with Crippen molar-refractivity contribution in [3.05, 3.63) is 47.8 Å². The van der Waals surface area contributed by atoms with Crippen molar-refractivity contribution >= 4 is 5.97 Å². The molecule has 0 radical (unpaired) electrons. The zero-order chi connectivity index (χ0) is 13.8. The Morgan fingerprint density at radius 3 is 2.74 bits per heavy atom. The summed E-state index contributed by atoms with van der Waals surface area (Å²) >= 11 is 0. The Labute approximate surface area is 112 Å². The number of carbonyl (C=O) groups excluding carboxylic acids is 1. The van der Waals surface area contributed by atoms with Gasteiger partial charge in [0.05, 0.1) is 24.9 Å². The lowest BCUT2D eigenvalue weighted by Crippen LogP contribution is -2.08. The number of carbonyl (C=O) groups is 1. The van der Waals surface area contributed by atoms with E-state index in [9.17, 15) is 4.79 Å². The number of aromatic nitrogens is 3. The topological polar surface area (TPSA) is 57.0 Å². The molecule has 0 spiro atoms. The zero-order valence-electron chi connectivity index (χ0n) is 11.3. The van der Waals surface area contributed by atoms with Crippen LogP contribution in [-0.4, -0.2) is 27.6 Å². The molecule has 100 valence electrons. The van der Waals surface area contributed by atoms with Gasteiger partial charge in [-0.05, 0) is 12.1 Å². The van der Waals surface area contributed by atoms with E-state index in [-0.39, 0.29) is 5.97 Å². The van der Waals surface area contributed by atoms with Crippen molar-refractivity contribution < 1.29 is 9.53 Å². The van der Waals surface area contributed by atoms with Gasteiger partial charge in [0.2, 0.25) is 0 Å². The fourth-order valence-corrected chi connectivity index (χ4v) is 1.89. The van der Waals surface area contributed by atoms with Crippen LogP contribution >= 0.6 is 0 Å². The SMILES string of the molecule is COC(=O)c1ccc(Cn2ccnc2C(C)C)nc1. The summed E-state index contributed by atoms with van der Waals surface area (Å²) < 4.78 is 6.70. The van der Waals surface area contributed by atoms with E-state index in [1.165, 1.54) is 13.3 Å². The van der Waals surface area contributed by atoms with E-state index >= 15 is 0 Å². The molecule has 5 nitrogen and oxygen atoms in total. The first kappa shape index (κ1) is 13.3. The molecule has 2 aromatic rings. The molecular formula is C14H17N3O2. The molecule has 0 aromatic carbocycles. The van der Waals surface area contributed by atoms with Crippen LogP contribution in [0.25, 0.3) is 0 Å². The molecule has 0 aliphatic carbocycles. The van der Waals surface area contributed by atoms with Gasteiger partial charge in [0.1, 0.15) is 5.82 Å². The maximum Gasteiger partial charge on any atom is 0.339 e. The first-order valence-corrected chi connectivity index (χ1v) is 6.16. The van der Waals surface area contributed by atoms with Crippen molar-refractivity contribution in [2.75, 3.05) is 7.11 Å². The van der Waals surface area contributed by atoms with Crippen molar-refractivity contribution in [1.29, 1.82) is 0 Å². The van der Waals surface area contributed by atoms with Crippen molar-refractivity contribution in [3.63, 3.8) is 0 Å². The van der Waals surface area contributed by atoms with Gasteiger partial charge in [0.25, 0.3) is 0 Å². The Morgan fingerprint density at radius 1 is 1.37 bits per heavy atom. The molecular weight excluding hydrogens is 242 g/mol. The average Bonchev–Trinajstić information content (AvgIpc) is 2.87. The highest BCUT2D eigenvalue weighted by molar-refractivity contribution is 5.88. The van der Waals surface area contributed by atoms with Crippen molar-refractivity contribution in [1.82, 2.24) is 14.5 Å². The van der Waals surface area contributed by atoms with Gasteiger partial charge in [-0.1, -0.05) is 13.8 Å². The lowest BCUT2D eigenvalue weighted by molar-refractivity contribution is 0.0600. The first-order chi connectivity index (χ1) is 9.11. The smallest absolute Gasteiger partial charge is 0.339 e. The number of ether oxygens (including phenoxy) is 1. The summed E-state index contributed by atoms with van der Waals surface area (Å²) in [5, 5.41) is 0. The molecule has 2 aromatic heterocycles. The Bertz CT molecular complexity index is 558. The quantitative estimate of drug-likeness (QED) is 0.790. The largest absolute Gasteiger partial charge is 0.465 e. The summed E-state index contributed by atoms with van der Waals surface area (Å²) in [6.07, 6.45) is 5.26. The molecule has 0 unspecified atom stereocenters. The summed E-state index contributed by atoms with van der Waals surface area (Å²) in [5.74, 6) is 1.02. The van der Waals surface area contributed by atoms with E-state index in [1.807, 2.05) is 12.3 Å². The summed E-state index contributed by atoms with van der Waals surface area (Å²) in [4.78, 5) is 19.9. The van der Waals surface area contributed by atoms with Crippen LogP contribution in [0.15, 0.2) is 30.7 Å². The number of imidazole rings is 1. The van der Waals surface area contributed by atoms with Gasteiger partial charge in [0.15, 0.2) is 0 Å². The van der Waals surface area contributed by atoms with E-state index in [0.29, 0.717) is 18.0 Å². The first-order valence-electron chi connectivity index (χ1n) is 6.16. The number of esters is 1. The fourth-order valence-electron chi connectivity index (χ4n) is 1.89. The highest BCUT2D eigenvalue weighted by Gasteiger charge is 2.09. The maximum absolute atomic E-state index is 11.3. The Balaban J connectivity index is 2.15. The predicted octanol–water partition coefficient (Wildman–Crippen LogP) is 2.24. The number of hydrogen-bond donors (Lipinski definition) is 0. The van der Waals surface area contributed by atoms with Crippen LogP contribution in [0, 0.1) is 0 Å². The molecule has 0 N–H and O–H groups in total. The van der Waals surface area contributed by atoms with Gasteiger partial charge < -0.3 is 9.30 Å². The van der Waals surface area contributed by atoms with Gasteiger partial charge in [-0.2, -0.15) is 0 Å². The fraction of sp³-hybridized carbons (Fsp3) is 0.357. The van der Waals surface area contributed by atoms with Gasteiger partial charge in [0, 0.05) is 24.5 Å². The van der Waals surface area contributed by atoms with Gasteiger partial charge >= 0.3 is 5.97 Å².